The number of fused-ring (bicyclic) bond motifs is 1. The molecule has 1 aliphatic rings. The standard InChI is InChI=1S/C15H13NO4/c1-18-10-5-3-9(4-6-10)14-12-11(19-2)7-8-16-13(12)15(17)20-14/h3-8,14H,1-2H3. The van der Waals surface area contributed by atoms with Gasteiger partial charge in [-0.15, -0.1) is 0 Å². The summed E-state index contributed by atoms with van der Waals surface area (Å²) < 4.78 is 15.8. The summed E-state index contributed by atoms with van der Waals surface area (Å²) in [5.74, 6) is 0.915. The highest BCUT2D eigenvalue weighted by Gasteiger charge is 2.36. The maximum atomic E-state index is 11.9. The third kappa shape index (κ3) is 1.87. The van der Waals surface area contributed by atoms with E-state index in [0.29, 0.717) is 17.0 Å². The van der Waals surface area contributed by atoms with Crippen LogP contribution in [0.25, 0.3) is 0 Å². The molecule has 5 nitrogen and oxygen atoms in total. The van der Waals surface area contributed by atoms with Crippen molar-refractivity contribution in [1.29, 1.82) is 0 Å². The van der Waals surface area contributed by atoms with Crippen LogP contribution in [0.5, 0.6) is 11.5 Å². The van der Waals surface area contributed by atoms with Gasteiger partial charge in [-0.2, -0.15) is 0 Å². The first kappa shape index (κ1) is 12.5. The third-order valence-electron chi connectivity index (χ3n) is 3.27. The summed E-state index contributed by atoms with van der Waals surface area (Å²) in [7, 11) is 3.16. The number of rotatable bonds is 3. The van der Waals surface area contributed by atoms with Crippen LogP contribution in [0.3, 0.4) is 0 Å². The van der Waals surface area contributed by atoms with Crippen molar-refractivity contribution in [2.24, 2.45) is 0 Å². The zero-order valence-corrected chi connectivity index (χ0v) is 11.1. The van der Waals surface area contributed by atoms with E-state index in [-0.39, 0.29) is 0 Å². The smallest absolute Gasteiger partial charge is 0.358 e. The zero-order chi connectivity index (χ0) is 14.1. The Kier molecular flexibility index (Phi) is 3.02. The molecule has 0 spiro atoms. The van der Waals surface area contributed by atoms with Crippen molar-refractivity contribution in [2.45, 2.75) is 6.10 Å². The number of methoxy groups -OCH3 is 2. The van der Waals surface area contributed by atoms with Gasteiger partial charge in [0.05, 0.1) is 19.8 Å². The fourth-order valence-corrected chi connectivity index (χ4v) is 2.28. The molecule has 1 aliphatic heterocycles. The first-order valence-corrected chi connectivity index (χ1v) is 6.12. The molecule has 2 heterocycles. The second-order valence-corrected chi connectivity index (χ2v) is 4.33. The molecule has 0 fully saturated rings. The number of benzene rings is 1. The van der Waals surface area contributed by atoms with Crippen molar-refractivity contribution in [3.63, 3.8) is 0 Å². The van der Waals surface area contributed by atoms with E-state index in [1.165, 1.54) is 6.20 Å². The van der Waals surface area contributed by atoms with E-state index in [1.54, 1.807) is 20.3 Å². The lowest BCUT2D eigenvalue weighted by atomic mass is 10.0. The zero-order valence-electron chi connectivity index (χ0n) is 11.1. The Morgan fingerprint density at radius 2 is 1.85 bits per heavy atom. The molecule has 1 aromatic heterocycles. The second kappa shape index (κ2) is 4.85. The van der Waals surface area contributed by atoms with Gasteiger partial charge in [-0.3, -0.25) is 0 Å². The fraction of sp³-hybridized carbons (Fsp3) is 0.200. The van der Waals surface area contributed by atoms with Crippen LogP contribution >= 0.6 is 0 Å². The van der Waals surface area contributed by atoms with Gasteiger partial charge < -0.3 is 14.2 Å². The maximum absolute atomic E-state index is 11.9. The molecule has 102 valence electrons. The van der Waals surface area contributed by atoms with Gasteiger partial charge in [-0.25, -0.2) is 9.78 Å². The predicted octanol–water partition coefficient (Wildman–Crippen LogP) is 2.36. The number of pyridine rings is 1. The van der Waals surface area contributed by atoms with Gasteiger partial charge >= 0.3 is 5.97 Å². The minimum absolute atomic E-state index is 0.310. The molecule has 20 heavy (non-hydrogen) atoms. The fourth-order valence-electron chi connectivity index (χ4n) is 2.28. The molecule has 0 N–H and O–H groups in total. The van der Waals surface area contributed by atoms with Crippen LogP contribution in [-0.2, 0) is 4.74 Å². The number of cyclic esters (lactones) is 1. The number of carbonyl (C=O) groups is 1. The summed E-state index contributed by atoms with van der Waals surface area (Å²) in [6.07, 6.45) is 1.04. The molecule has 0 amide bonds. The van der Waals surface area contributed by atoms with E-state index in [0.717, 1.165) is 11.3 Å². The Hall–Kier alpha value is -2.56. The van der Waals surface area contributed by atoms with E-state index >= 15 is 0 Å². The Balaban J connectivity index is 2.07. The van der Waals surface area contributed by atoms with Gasteiger partial charge in [0.1, 0.15) is 11.5 Å². The lowest BCUT2D eigenvalue weighted by Gasteiger charge is -2.13. The summed E-state index contributed by atoms with van der Waals surface area (Å²) in [6.45, 7) is 0. The number of hydrogen-bond donors (Lipinski definition) is 0. The van der Waals surface area contributed by atoms with Crippen molar-refractivity contribution in [2.75, 3.05) is 14.2 Å². The number of aromatic nitrogens is 1. The Morgan fingerprint density at radius 1 is 1.10 bits per heavy atom. The molecular weight excluding hydrogens is 258 g/mol. The molecule has 5 heteroatoms. The lowest BCUT2D eigenvalue weighted by Crippen LogP contribution is -2.02. The predicted molar refractivity (Wildman–Crippen MR) is 71.0 cm³/mol. The highest BCUT2D eigenvalue weighted by molar-refractivity contribution is 5.93. The molecule has 0 saturated heterocycles. The monoisotopic (exact) mass is 271 g/mol. The van der Waals surface area contributed by atoms with Crippen LogP contribution in [0.2, 0.25) is 0 Å². The molecular formula is C15H13NO4. The van der Waals surface area contributed by atoms with Gasteiger partial charge in [0, 0.05) is 6.20 Å². The van der Waals surface area contributed by atoms with Gasteiger partial charge in [-0.05, 0) is 23.8 Å². The number of esters is 1. The Bertz CT molecular complexity index is 651. The summed E-state index contributed by atoms with van der Waals surface area (Å²) in [4.78, 5) is 16.0. The van der Waals surface area contributed by atoms with Gasteiger partial charge in [-0.1, -0.05) is 12.1 Å². The number of carbonyl (C=O) groups excluding carboxylic acids is 1. The van der Waals surface area contributed by atoms with Crippen LogP contribution < -0.4 is 9.47 Å². The molecule has 0 radical (unpaired) electrons. The van der Waals surface area contributed by atoms with Crippen LogP contribution in [0.15, 0.2) is 36.5 Å². The average molecular weight is 271 g/mol. The number of nitrogens with zero attached hydrogens (tertiary/aromatic N) is 1. The van der Waals surface area contributed by atoms with Gasteiger partial charge in [0.15, 0.2) is 11.8 Å². The van der Waals surface area contributed by atoms with E-state index in [4.69, 9.17) is 14.2 Å². The van der Waals surface area contributed by atoms with E-state index in [9.17, 15) is 4.79 Å². The SMILES string of the molecule is COc1ccc(C2OC(=O)c3nccc(OC)c32)cc1. The first-order chi connectivity index (χ1) is 9.74. The molecule has 2 aromatic rings. The third-order valence-corrected chi connectivity index (χ3v) is 3.27. The van der Waals surface area contributed by atoms with Crippen molar-refractivity contribution >= 4 is 5.97 Å². The van der Waals surface area contributed by atoms with E-state index < -0.39 is 12.1 Å². The van der Waals surface area contributed by atoms with Gasteiger partial charge in [0.25, 0.3) is 0 Å². The van der Waals surface area contributed by atoms with Crippen molar-refractivity contribution < 1.29 is 19.0 Å². The molecule has 1 atom stereocenters. The van der Waals surface area contributed by atoms with E-state index in [1.807, 2.05) is 24.3 Å². The molecule has 0 bridgehead atoms. The van der Waals surface area contributed by atoms with Crippen molar-refractivity contribution in [3.8, 4) is 11.5 Å². The second-order valence-electron chi connectivity index (χ2n) is 4.33. The van der Waals surface area contributed by atoms with Crippen LogP contribution in [-0.4, -0.2) is 25.2 Å². The maximum Gasteiger partial charge on any atom is 0.358 e. The lowest BCUT2D eigenvalue weighted by molar-refractivity contribution is 0.0450. The summed E-state index contributed by atoms with van der Waals surface area (Å²) in [6, 6.07) is 9.09. The van der Waals surface area contributed by atoms with E-state index in [2.05, 4.69) is 4.98 Å². The minimum atomic E-state index is -0.493. The van der Waals surface area contributed by atoms with Crippen LogP contribution in [0, 0.1) is 0 Å². The molecule has 0 saturated carbocycles. The van der Waals surface area contributed by atoms with Crippen molar-refractivity contribution in [3.05, 3.63) is 53.3 Å². The summed E-state index contributed by atoms with van der Waals surface area (Å²) in [5.41, 5.74) is 1.83. The molecule has 1 unspecified atom stereocenters. The highest BCUT2D eigenvalue weighted by atomic mass is 16.6. The Morgan fingerprint density at radius 3 is 2.50 bits per heavy atom. The number of ether oxygens (including phenoxy) is 3. The van der Waals surface area contributed by atoms with Gasteiger partial charge in [0.2, 0.25) is 0 Å². The normalized spacial score (nSPS) is 16.5. The topological polar surface area (TPSA) is 57.7 Å². The van der Waals surface area contributed by atoms with Crippen LogP contribution in [0.1, 0.15) is 27.7 Å². The Labute approximate surface area is 116 Å². The first-order valence-electron chi connectivity index (χ1n) is 6.12. The molecule has 3 rings (SSSR count). The van der Waals surface area contributed by atoms with Crippen LogP contribution in [0.4, 0.5) is 0 Å². The molecule has 1 aromatic carbocycles. The summed E-state index contributed by atoms with van der Waals surface area (Å²) in [5, 5.41) is 0. The summed E-state index contributed by atoms with van der Waals surface area (Å²) >= 11 is 0. The average Bonchev–Trinajstić information content (AvgIpc) is 2.85. The largest absolute Gasteiger partial charge is 0.497 e. The van der Waals surface area contributed by atoms with Crippen molar-refractivity contribution in [1.82, 2.24) is 4.98 Å². The number of hydrogen-bond acceptors (Lipinski definition) is 5. The highest BCUT2D eigenvalue weighted by Crippen LogP contribution is 2.40. The quantitative estimate of drug-likeness (QED) is 0.802. The minimum Gasteiger partial charge on any atom is -0.497 e. The molecule has 0 aliphatic carbocycles.